The van der Waals surface area contributed by atoms with E-state index in [1.54, 1.807) is 0 Å². The Bertz CT molecular complexity index is 130. The Morgan fingerprint density at radius 3 is 2.42 bits per heavy atom. The monoisotopic (exact) mass is 177 g/mol. The molecule has 0 saturated heterocycles. The van der Waals surface area contributed by atoms with E-state index in [0.717, 1.165) is 6.54 Å². The molecular weight excluding hydrogens is 160 g/mol. The normalized spacial score (nSPS) is 22.0. The Morgan fingerprint density at radius 1 is 1.33 bits per heavy atom. The van der Waals surface area contributed by atoms with E-state index in [4.69, 9.17) is 0 Å². The zero-order valence-electron chi connectivity index (χ0n) is 7.58. The van der Waals surface area contributed by atoms with Crippen molar-refractivity contribution < 1.29 is 8.78 Å². The molecule has 0 atom stereocenters. The highest BCUT2D eigenvalue weighted by Gasteiger charge is 2.27. The van der Waals surface area contributed by atoms with Crippen molar-refractivity contribution in [2.24, 2.45) is 5.41 Å². The smallest absolute Gasteiger partial charge is 0.250 e. The number of rotatable bonds is 4. The first-order valence-electron chi connectivity index (χ1n) is 4.61. The van der Waals surface area contributed by atoms with Gasteiger partial charge in [0, 0.05) is 6.54 Å². The molecule has 0 unspecified atom stereocenters. The second-order valence-corrected chi connectivity index (χ2v) is 4.04. The van der Waals surface area contributed by atoms with Crippen LogP contribution in [0.4, 0.5) is 8.78 Å². The summed E-state index contributed by atoms with van der Waals surface area (Å²) in [7, 11) is 0. The van der Waals surface area contributed by atoms with Gasteiger partial charge in [0.2, 0.25) is 0 Å². The topological polar surface area (TPSA) is 12.0 Å². The molecule has 3 heteroatoms. The molecule has 72 valence electrons. The van der Waals surface area contributed by atoms with Crippen LogP contribution in [-0.2, 0) is 0 Å². The minimum absolute atomic E-state index is 0.157. The first-order valence-corrected chi connectivity index (χ1v) is 4.61. The van der Waals surface area contributed by atoms with E-state index in [1.807, 2.05) is 0 Å². The Hall–Kier alpha value is -0.180. The van der Waals surface area contributed by atoms with Gasteiger partial charge in [-0.3, -0.25) is 0 Å². The summed E-state index contributed by atoms with van der Waals surface area (Å²) in [5, 5.41) is 2.82. The van der Waals surface area contributed by atoms with E-state index in [2.05, 4.69) is 12.2 Å². The molecule has 1 fully saturated rings. The van der Waals surface area contributed by atoms with Gasteiger partial charge in [0.05, 0.1) is 6.54 Å². The lowest BCUT2D eigenvalue weighted by Gasteiger charge is -2.23. The van der Waals surface area contributed by atoms with Crippen molar-refractivity contribution in [3.8, 4) is 0 Å². The van der Waals surface area contributed by atoms with Gasteiger partial charge in [-0.2, -0.15) is 0 Å². The summed E-state index contributed by atoms with van der Waals surface area (Å²) in [5.41, 5.74) is 0.287. The van der Waals surface area contributed by atoms with Crippen LogP contribution in [0.2, 0.25) is 0 Å². The van der Waals surface area contributed by atoms with Crippen molar-refractivity contribution >= 4 is 0 Å². The van der Waals surface area contributed by atoms with Gasteiger partial charge >= 0.3 is 0 Å². The van der Waals surface area contributed by atoms with Crippen molar-refractivity contribution in [2.45, 2.75) is 39.0 Å². The largest absolute Gasteiger partial charge is 0.311 e. The SMILES string of the molecule is CC1(CNCC(F)F)CCCC1. The van der Waals surface area contributed by atoms with Crippen LogP contribution in [0.1, 0.15) is 32.6 Å². The third-order valence-electron chi connectivity index (χ3n) is 2.66. The standard InChI is InChI=1S/C9H17F2N/c1-9(4-2-3-5-9)7-12-6-8(10)11/h8,12H,2-7H2,1H3. The molecular formula is C9H17F2N. The lowest BCUT2D eigenvalue weighted by molar-refractivity contribution is 0.140. The van der Waals surface area contributed by atoms with E-state index >= 15 is 0 Å². The minimum Gasteiger partial charge on any atom is -0.311 e. The third-order valence-corrected chi connectivity index (χ3v) is 2.66. The highest BCUT2D eigenvalue weighted by atomic mass is 19.3. The van der Waals surface area contributed by atoms with Gasteiger partial charge in [-0.1, -0.05) is 19.8 Å². The zero-order chi connectivity index (χ0) is 9.03. The fraction of sp³-hybridized carbons (Fsp3) is 1.00. The molecule has 1 saturated carbocycles. The number of hydrogen-bond donors (Lipinski definition) is 1. The fourth-order valence-corrected chi connectivity index (χ4v) is 1.89. The lowest BCUT2D eigenvalue weighted by atomic mass is 9.89. The average molecular weight is 177 g/mol. The second kappa shape index (κ2) is 4.17. The average Bonchev–Trinajstić information content (AvgIpc) is 2.35. The molecule has 1 aliphatic carbocycles. The quantitative estimate of drug-likeness (QED) is 0.695. The number of hydrogen-bond acceptors (Lipinski definition) is 1. The van der Waals surface area contributed by atoms with Crippen molar-refractivity contribution in [1.29, 1.82) is 0 Å². The van der Waals surface area contributed by atoms with Gasteiger partial charge in [-0.05, 0) is 18.3 Å². The number of nitrogens with one attached hydrogen (secondary N) is 1. The molecule has 12 heavy (non-hydrogen) atoms. The molecule has 0 aromatic carbocycles. The first kappa shape index (κ1) is 9.90. The predicted octanol–water partition coefficient (Wildman–Crippen LogP) is 2.42. The van der Waals surface area contributed by atoms with Crippen molar-refractivity contribution in [2.75, 3.05) is 13.1 Å². The van der Waals surface area contributed by atoms with Crippen molar-refractivity contribution in [3.05, 3.63) is 0 Å². The Kier molecular flexibility index (Phi) is 3.44. The highest BCUT2D eigenvalue weighted by Crippen LogP contribution is 2.36. The summed E-state index contributed by atoms with van der Waals surface area (Å²) >= 11 is 0. The Morgan fingerprint density at radius 2 is 1.92 bits per heavy atom. The van der Waals surface area contributed by atoms with E-state index in [0.29, 0.717) is 0 Å². The molecule has 0 aromatic rings. The maximum absolute atomic E-state index is 11.8. The minimum atomic E-state index is -2.21. The van der Waals surface area contributed by atoms with Crippen LogP contribution in [0.25, 0.3) is 0 Å². The second-order valence-electron chi connectivity index (χ2n) is 4.04. The van der Waals surface area contributed by atoms with Crippen LogP contribution in [0.3, 0.4) is 0 Å². The molecule has 0 bridgehead atoms. The van der Waals surface area contributed by atoms with E-state index in [1.165, 1.54) is 25.7 Å². The van der Waals surface area contributed by atoms with Crippen LogP contribution < -0.4 is 5.32 Å². The van der Waals surface area contributed by atoms with Gasteiger partial charge in [0.25, 0.3) is 6.43 Å². The summed E-state index contributed by atoms with van der Waals surface area (Å²) in [4.78, 5) is 0. The van der Waals surface area contributed by atoms with Crippen LogP contribution in [0, 0.1) is 5.41 Å². The van der Waals surface area contributed by atoms with E-state index < -0.39 is 6.43 Å². The van der Waals surface area contributed by atoms with Crippen LogP contribution >= 0.6 is 0 Å². The van der Waals surface area contributed by atoms with Gasteiger partial charge < -0.3 is 5.32 Å². The maximum Gasteiger partial charge on any atom is 0.250 e. The molecule has 1 N–H and O–H groups in total. The maximum atomic E-state index is 11.8. The number of alkyl halides is 2. The summed E-state index contributed by atoms with van der Waals surface area (Å²) in [5.74, 6) is 0. The number of halogens is 2. The van der Waals surface area contributed by atoms with E-state index in [9.17, 15) is 8.78 Å². The summed E-state index contributed by atoms with van der Waals surface area (Å²) < 4.78 is 23.5. The van der Waals surface area contributed by atoms with Crippen LogP contribution in [0.15, 0.2) is 0 Å². The third kappa shape index (κ3) is 3.05. The fourth-order valence-electron chi connectivity index (χ4n) is 1.89. The van der Waals surface area contributed by atoms with Crippen LogP contribution in [-0.4, -0.2) is 19.5 Å². The summed E-state index contributed by atoms with van der Waals surface area (Å²) in [6, 6.07) is 0. The molecule has 0 aliphatic heterocycles. The van der Waals surface area contributed by atoms with Gasteiger partial charge in [0.15, 0.2) is 0 Å². The van der Waals surface area contributed by atoms with Gasteiger partial charge in [-0.15, -0.1) is 0 Å². The van der Waals surface area contributed by atoms with Gasteiger partial charge in [0.1, 0.15) is 0 Å². The summed E-state index contributed by atoms with van der Waals surface area (Å²) in [6.45, 7) is 2.77. The summed E-state index contributed by atoms with van der Waals surface area (Å²) in [6.07, 6.45) is 2.67. The Balaban J connectivity index is 2.13. The molecule has 0 heterocycles. The predicted molar refractivity (Wildman–Crippen MR) is 45.4 cm³/mol. The molecule has 1 nitrogen and oxygen atoms in total. The van der Waals surface area contributed by atoms with Crippen molar-refractivity contribution in [3.63, 3.8) is 0 Å². The zero-order valence-corrected chi connectivity index (χ0v) is 7.58. The first-order chi connectivity index (χ1) is 5.62. The van der Waals surface area contributed by atoms with Crippen molar-refractivity contribution in [1.82, 2.24) is 5.32 Å². The molecule has 1 rings (SSSR count). The van der Waals surface area contributed by atoms with Gasteiger partial charge in [-0.25, -0.2) is 8.78 Å². The lowest BCUT2D eigenvalue weighted by Crippen LogP contribution is -2.32. The van der Waals surface area contributed by atoms with E-state index in [-0.39, 0.29) is 12.0 Å². The highest BCUT2D eigenvalue weighted by molar-refractivity contribution is 4.82. The van der Waals surface area contributed by atoms with Crippen LogP contribution in [0.5, 0.6) is 0 Å². The molecule has 0 aromatic heterocycles. The Labute approximate surface area is 72.5 Å². The molecule has 1 aliphatic rings. The molecule has 0 radical (unpaired) electrons. The molecule has 0 amide bonds. The molecule has 0 spiro atoms.